The first-order chi connectivity index (χ1) is 8.70. The summed E-state index contributed by atoms with van der Waals surface area (Å²) in [6.07, 6.45) is 2.62. The van der Waals surface area contributed by atoms with Crippen molar-refractivity contribution in [3.8, 4) is 0 Å². The van der Waals surface area contributed by atoms with Crippen LogP contribution in [0.5, 0.6) is 0 Å². The van der Waals surface area contributed by atoms with Crippen LogP contribution in [0.2, 0.25) is 0 Å². The molecule has 1 aromatic carbocycles. The molecule has 0 aromatic heterocycles. The van der Waals surface area contributed by atoms with Crippen LogP contribution < -0.4 is 0 Å². The Morgan fingerprint density at radius 1 is 1.17 bits per heavy atom. The van der Waals surface area contributed by atoms with E-state index in [0.29, 0.717) is 23.9 Å². The van der Waals surface area contributed by atoms with Gasteiger partial charge in [0.2, 0.25) is 0 Å². The fraction of sp³-hybridized carbons (Fsp3) is 0.571. The van der Waals surface area contributed by atoms with Gasteiger partial charge in [0.15, 0.2) is 0 Å². The SMILES string of the molecule is COCCCCC(CCl)(CCl)c1ccccc1F. The Balaban J connectivity index is 2.83. The summed E-state index contributed by atoms with van der Waals surface area (Å²) in [5, 5.41) is 0. The minimum atomic E-state index is -0.484. The van der Waals surface area contributed by atoms with Crippen LogP contribution in [0.1, 0.15) is 24.8 Å². The van der Waals surface area contributed by atoms with E-state index in [1.54, 1.807) is 19.2 Å². The van der Waals surface area contributed by atoms with E-state index in [0.717, 1.165) is 19.3 Å². The number of halogens is 3. The summed E-state index contributed by atoms with van der Waals surface area (Å²) in [6, 6.07) is 6.73. The van der Waals surface area contributed by atoms with Crippen LogP contribution in [-0.2, 0) is 10.2 Å². The zero-order chi connectivity index (χ0) is 13.4. The molecular weight excluding hydrogens is 274 g/mol. The van der Waals surface area contributed by atoms with Gasteiger partial charge in [0, 0.05) is 30.9 Å². The molecule has 0 aliphatic rings. The summed E-state index contributed by atoms with van der Waals surface area (Å²) >= 11 is 12.1. The second-order valence-corrected chi connectivity index (χ2v) is 5.01. The van der Waals surface area contributed by atoms with Crippen LogP contribution in [0.15, 0.2) is 24.3 Å². The molecule has 0 heterocycles. The molecule has 0 unspecified atom stereocenters. The molecule has 0 amide bonds. The maximum absolute atomic E-state index is 13.9. The number of rotatable bonds is 8. The Labute approximate surface area is 118 Å². The topological polar surface area (TPSA) is 9.23 Å². The van der Waals surface area contributed by atoms with Gasteiger partial charge in [-0.15, -0.1) is 23.2 Å². The van der Waals surface area contributed by atoms with Crippen molar-refractivity contribution in [1.29, 1.82) is 0 Å². The molecular formula is C14H19Cl2FO. The van der Waals surface area contributed by atoms with E-state index < -0.39 is 5.41 Å². The highest BCUT2D eigenvalue weighted by atomic mass is 35.5. The Hall–Kier alpha value is -0.310. The van der Waals surface area contributed by atoms with E-state index in [1.807, 2.05) is 6.07 Å². The van der Waals surface area contributed by atoms with E-state index in [9.17, 15) is 4.39 Å². The van der Waals surface area contributed by atoms with Crippen LogP contribution in [-0.4, -0.2) is 25.5 Å². The largest absolute Gasteiger partial charge is 0.385 e. The summed E-state index contributed by atoms with van der Waals surface area (Å²) in [5.74, 6) is 0.417. The third kappa shape index (κ3) is 3.84. The molecule has 4 heteroatoms. The molecule has 18 heavy (non-hydrogen) atoms. The molecule has 0 radical (unpaired) electrons. The molecule has 102 valence electrons. The highest BCUT2D eigenvalue weighted by molar-refractivity contribution is 6.22. The molecule has 0 bridgehead atoms. The molecule has 0 saturated carbocycles. The number of hydrogen-bond donors (Lipinski definition) is 0. The highest BCUT2D eigenvalue weighted by Gasteiger charge is 2.32. The van der Waals surface area contributed by atoms with Crippen molar-refractivity contribution in [2.24, 2.45) is 0 Å². The lowest BCUT2D eigenvalue weighted by molar-refractivity contribution is 0.190. The van der Waals surface area contributed by atoms with E-state index >= 15 is 0 Å². The van der Waals surface area contributed by atoms with Gasteiger partial charge in [-0.1, -0.05) is 24.6 Å². The van der Waals surface area contributed by atoms with Crippen LogP contribution in [0, 0.1) is 5.82 Å². The molecule has 0 atom stereocenters. The summed E-state index contributed by atoms with van der Waals surface area (Å²) < 4.78 is 18.9. The number of hydrogen-bond acceptors (Lipinski definition) is 1. The number of ether oxygens (including phenoxy) is 1. The van der Waals surface area contributed by atoms with Crippen molar-refractivity contribution in [3.63, 3.8) is 0 Å². The predicted molar refractivity (Wildman–Crippen MR) is 75.2 cm³/mol. The number of methoxy groups -OCH3 is 1. The smallest absolute Gasteiger partial charge is 0.127 e. The van der Waals surface area contributed by atoms with Crippen molar-refractivity contribution >= 4 is 23.2 Å². The molecule has 0 aliphatic heterocycles. The molecule has 0 saturated heterocycles. The van der Waals surface area contributed by atoms with Gasteiger partial charge in [-0.25, -0.2) is 4.39 Å². The first-order valence-corrected chi connectivity index (χ1v) is 7.13. The van der Waals surface area contributed by atoms with E-state index in [-0.39, 0.29) is 5.82 Å². The van der Waals surface area contributed by atoms with Gasteiger partial charge in [0.1, 0.15) is 5.82 Å². The highest BCUT2D eigenvalue weighted by Crippen LogP contribution is 2.34. The van der Waals surface area contributed by atoms with Gasteiger partial charge in [-0.3, -0.25) is 0 Å². The second kappa shape index (κ2) is 7.98. The Kier molecular flexibility index (Phi) is 6.98. The first-order valence-electron chi connectivity index (χ1n) is 6.06. The summed E-state index contributed by atoms with van der Waals surface area (Å²) in [4.78, 5) is 0. The Bertz CT molecular complexity index is 353. The van der Waals surface area contributed by atoms with Crippen LogP contribution in [0.4, 0.5) is 4.39 Å². The fourth-order valence-corrected chi connectivity index (χ4v) is 2.89. The third-order valence-electron chi connectivity index (χ3n) is 3.21. The van der Waals surface area contributed by atoms with Gasteiger partial charge in [-0.05, 0) is 24.5 Å². The van der Waals surface area contributed by atoms with Crippen molar-refractivity contribution in [2.75, 3.05) is 25.5 Å². The number of alkyl halides is 2. The zero-order valence-electron chi connectivity index (χ0n) is 10.6. The molecule has 1 rings (SSSR count). The van der Waals surface area contributed by atoms with Crippen LogP contribution in [0.25, 0.3) is 0 Å². The Morgan fingerprint density at radius 3 is 2.39 bits per heavy atom. The average Bonchev–Trinajstić information content (AvgIpc) is 2.41. The van der Waals surface area contributed by atoms with Crippen LogP contribution in [0.3, 0.4) is 0 Å². The van der Waals surface area contributed by atoms with E-state index in [2.05, 4.69) is 0 Å². The van der Waals surface area contributed by atoms with Crippen LogP contribution >= 0.6 is 23.2 Å². The minimum Gasteiger partial charge on any atom is -0.385 e. The first kappa shape index (κ1) is 15.7. The lowest BCUT2D eigenvalue weighted by Gasteiger charge is -2.30. The normalized spacial score (nSPS) is 11.8. The lowest BCUT2D eigenvalue weighted by Crippen LogP contribution is -2.31. The maximum atomic E-state index is 13.9. The van der Waals surface area contributed by atoms with Gasteiger partial charge >= 0.3 is 0 Å². The van der Waals surface area contributed by atoms with Crippen molar-refractivity contribution in [2.45, 2.75) is 24.7 Å². The molecule has 1 nitrogen and oxygen atoms in total. The quantitative estimate of drug-likeness (QED) is 0.511. The van der Waals surface area contributed by atoms with E-state index in [4.69, 9.17) is 27.9 Å². The van der Waals surface area contributed by atoms with Crippen molar-refractivity contribution < 1.29 is 9.13 Å². The molecule has 1 aromatic rings. The summed E-state index contributed by atoms with van der Waals surface area (Å²) in [7, 11) is 1.67. The standard InChI is InChI=1S/C14H19Cl2FO/c1-18-9-5-4-8-14(10-15,11-16)12-6-2-3-7-13(12)17/h2-3,6-7H,4-5,8-11H2,1H3. The van der Waals surface area contributed by atoms with E-state index in [1.165, 1.54) is 6.07 Å². The van der Waals surface area contributed by atoms with Gasteiger partial charge < -0.3 is 4.74 Å². The predicted octanol–water partition coefficient (Wildman–Crippen LogP) is 4.36. The molecule has 0 N–H and O–H groups in total. The van der Waals surface area contributed by atoms with Crippen molar-refractivity contribution in [1.82, 2.24) is 0 Å². The molecule has 0 fully saturated rings. The zero-order valence-corrected chi connectivity index (χ0v) is 12.1. The minimum absolute atomic E-state index is 0.231. The molecule has 0 aliphatic carbocycles. The summed E-state index contributed by atoms with van der Waals surface area (Å²) in [6.45, 7) is 0.706. The van der Waals surface area contributed by atoms with Gasteiger partial charge in [-0.2, -0.15) is 0 Å². The van der Waals surface area contributed by atoms with Crippen molar-refractivity contribution in [3.05, 3.63) is 35.6 Å². The monoisotopic (exact) mass is 292 g/mol. The van der Waals surface area contributed by atoms with Gasteiger partial charge in [0.25, 0.3) is 0 Å². The third-order valence-corrected chi connectivity index (χ3v) is 4.23. The summed E-state index contributed by atoms with van der Waals surface area (Å²) in [5.41, 5.74) is 0.134. The second-order valence-electron chi connectivity index (χ2n) is 4.48. The fourth-order valence-electron chi connectivity index (χ4n) is 2.05. The lowest BCUT2D eigenvalue weighted by atomic mass is 9.79. The maximum Gasteiger partial charge on any atom is 0.127 e. The Morgan fingerprint density at radius 2 is 1.83 bits per heavy atom. The number of benzene rings is 1. The average molecular weight is 293 g/mol. The molecule has 0 spiro atoms. The number of unbranched alkanes of at least 4 members (excludes halogenated alkanes) is 1. The van der Waals surface area contributed by atoms with Gasteiger partial charge in [0.05, 0.1) is 0 Å².